The molecule has 2 rings (SSSR count). The van der Waals surface area contributed by atoms with E-state index in [-0.39, 0.29) is 17.3 Å². The lowest BCUT2D eigenvalue weighted by Crippen LogP contribution is -2.04. The SMILES string of the molecule is CC(C)Cn1cc(C2C(C(=O)O)C2(C)C)cn1. The van der Waals surface area contributed by atoms with Crippen LogP contribution in [0.4, 0.5) is 0 Å². The van der Waals surface area contributed by atoms with E-state index in [4.69, 9.17) is 5.11 Å². The molecule has 4 heteroatoms. The first-order chi connectivity index (χ1) is 7.84. The predicted octanol–water partition coefficient (Wildman–Crippen LogP) is 2.36. The molecule has 1 aliphatic carbocycles. The van der Waals surface area contributed by atoms with Crippen molar-refractivity contribution in [3.63, 3.8) is 0 Å². The minimum Gasteiger partial charge on any atom is -0.481 e. The molecule has 0 aliphatic heterocycles. The Morgan fingerprint density at radius 2 is 2.24 bits per heavy atom. The van der Waals surface area contributed by atoms with E-state index in [0.29, 0.717) is 5.92 Å². The van der Waals surface area contributed by atoms with Gasteiger partial charge in [0.15, 0.2) is 0 Å². The maximum Gasteiger partial charge on any atom is 0.307 e. The van der Waals surface area contributed by atoms with Crippen molar-refractivity contribution in [3.8, 4) is 0 Å². The molecule has 0 bridgehead atoms. The first kappa shape index (κ1) is 12.1. The molecular formula is C13H20N2O2. The van der Waals surface area contributed by atoms with Crippen LogP contribution in [0, 0.1) is 17.3 Å². The van der Waals surface area contributed by atoms with Gasteiger partial charge in [0.05, 0.1) is 12.1 Å². The minimum atomic E-state index is -0.698. The van der Waals surface area contributed by atoms with E-state index in [1.54, 1.807) is 0 Å². The quantitative estimate of drug-likeness (QED) is 0.873. The van der Waals surface area contributed by atoms with Gasteiger partial charge >= 0.3 is 5.97 Å². The highest BCUT2D eigenvalue weighted by molar-refractivity contribution is 5.77. The molecule has 1 N–H and O–H groups in total. The fourth-order valence-electron chi connectivity index (χ4n) is 2.73. The number of rotatable bonds is 4. The van der Waals surface area contributed by atoms with Crippen molar-refractivity contribution >= 4 is 5.97 Å². The van der Waals surface area contributed by atoms with E-state index < -0.39 is 5.97 Å². The van der Waals surface area contributed by atoms with Crippen LogP contribution < -0.4 is 0 Å². The van der Waals surface area contributed by atoms with Crippen LogP contribution in [0.15, 0.2) is 12.4 Å². The Morgan fingerprint density at radius 1 is 1.59 bits per heavy atom. The van der Waals surface area contributed by atoms with Crippen LogP contribution in [0.2, 0.25) is 0 Å². The molecule has 1 aromatic heterocycles. The van der Waals surface area contributed by atoms with Gasteiger partial charge in [-0.25, -0.2) is 0 Å². The Kier molecular flexibility index (Phi) is 2.76. The van der Waals surface area contributed by atoms with Crippen molar-refractivity contribution in [2.45, 2.75) is 40.2 Å². The second-order valence-electron chi connectivity index (χ2n) is 6.00. The van der Waals surface area contributed by atoms with Crippen molar-refractivity contribution in [2.24, 2.45) is 17.3 Å². The summed E-state index contributed by atoms with van der Waals surface area (Å²) in [5.74, 6) is -0.304. The Hall–Kier alpha value is -1.32. The van der Waals surface area contributed by atoms with E-state index >= 15 is 0 Å². The Labute approximate surface area is 102 Å². The van der Waals surface area contributed by atoms with E-state index in [0.717, 1.165) is 12.1 Å². The highest BCUT2D eigenvalue weighted by atomic mass is 16.4. The molecule has 0 radical (unpaired) electrons. The summed E-state index contributed by atoms with van der Waals surface area (Å²) in [6.45, 7) is 9.18. The Morgan fingerprint density at radius 3 is 2.71 bits per heavy atom. The molecule has 1 saturated carbocycles. The second-order valence-corrected chi connectivity index (χ2v) is 6.00. The summed E-state index contributed by atoms with van der Waals surface area (Å²) in [5, 5.41) is 13.4. The molecule has 94 valence electrons. The topological polar surface area (TPSA) is 55.1 Å². The van der Waals surface area contributed by atoms with Crippen LogP contribution in [0.5, 0.6) is 0 Å². The summed E-state index contributed by atoms with van der Waals surface area (Å²) in [6, 6.07) is 0. The Balaban J connectivity index is 2.14. The van der Waals surface area contributed by atoms with Crippen LogP contribution in [-0.4, -0.2) is 20.9 Å². The molecule has 1 aliphatic rings. The highest BCUT2D eigenvalue weighted by Crippen LogP contribution is 2.64. The number of hydrogen-bond donors (Lipinski definition) is 1. The molecule has 2 atom stereocenters. The van der Waals surface area contributed by atoms with Gasteiger partial charge in [0.1, 0.15) is 0 Å². The lowest BCUT2D eigenvalue weighted by molar-refractivity contribution is -0.139. The van der Waals surface area contributed by atoms with E-state index in [1.807, 2.05) is 30.9 Å². The van der Waals surface area contributed by atoms with Crippen LogP contribution in [0.3, 0.4) is 0 Å². The number of aliphatic carboxylic acids is 1. The fourth-order valence-corrected chi connectivity index (χ4v) is 2.73. The number of carbonyl (C=O) groups is 1. The molecule has 17 heavy (non-hydrogen) atoms. The van der Waals surface area contributed by atoms with Crippen LogP contribution in [0.25, 0.3) is 0 Å². The zero-order valence-electron chi connectivity index (χ0n) is 10.8. The van der Waals surface area contributed by atoms with Gasteiger partial charge in [0.25, 0.3) is 0 Å². The third-order valence-corrected chi connectivity index (χ3v) is 3.66. The predicted molar refractivity (Wildman–Crippen MR) is 64.7 cm³/mol. The van der Waals surface area contributed by atoms with Crippen molar-refractivity contribution in [1.82, 2.24) is 9.78 Å². The summed E-state index contributed by atoms with van der Waals surface area (Å²) in [6.07, 6.45) is 3.81. The molecule has 2 unspecified atom stereocenters. The highest BCUT2D eigenvalue weighted by Gasteiger charge is 2.63. The van der Waals surface area contributed by atoms with Crippen LogP contribution in [-0.2, 0) is 11.3 Å². The first-order valence-corrected chi connectivity index (χ1v) is 6.09. The van der Waals surface area contributed by atoms with Gasteiger partial charge in [-0.3, -0.25) is 9.48 Å². The standard InChI is InChI=1S/C13H20N2O2/c1-8(2)6-15-7-9(5-14-15)10-11(12(16)17)13(10,3)4/h5,7-8,10-11H,6H2,1-4H3,(H,16,17). The second kappa shape index (κ2) is 3.86. The van der Waals surface area contributed by atoms with Crippen molar-refractivity contribution in [3.05, 3.63) is 18.0 Å². The number of carboxylic acids is 1. The number of hydrogen-bond acceptors (Lipinski definition) is 2. The molecule has 0 aromatic carbocycles. The summed E-state index contributed by atoms with van der Waals surface area (Å²) in [5.41, 5.74) is 0.917. The minimum absolute atomic E-state index is 0.112. The maximum absolute atomic E-state index is 11.1. The van der Waals surface area contributed by atoms with E-state index in [2.05, 4.69) is 18.9 Å². The third kappa shape index (κ3) is 2.08. The zero-order valence-corrected chi connectivity index (χ0v) is 10.8. The van der Waals surface area contributed by atoms with Gasteiger partial charge < -0.3 is 5.11 Å². The molecule has 0 spiro atoms. The summed E-state index contributed by atoms with van der Waals surface area (Å²) >= 11 is 0. The molecule has 1 aromatic rings. The third-order valence-electron chi connectivity index (χ3n) is 3.66. The molecule has 0 amide bonds. The van der Waals surface area contributed by atoms with Gasteiger partial charge in [-0.15, -0.1) is 0 Å². The van der Waals surface area contributed by atoms with Crippen molar-refractivity contribution < 1.29 is 9.90 Å². The van der Waals surface area contributed by atoms with Crippen molar-refractivity contribution in [2.75, 3.05) is 0 Å². The summed E-state index contributed by atoms with van der Waals surface area (Å²) in [7, 11) is 0. The number of aromatic nitrogens is 2. The van der Waals surface area contributed by atoms with Gasteiger partial charge in [0, 0.05) is 18.7 Å². The monoisotopic (exact) mass is 236 g/mol. The normalized spacial score (nSPS) is 26.2. The number of carboxylic acid groups (broad SMARTS) is 1. The zero-order chi connectivity index (χ0) is 12.8. The van der Waals surface area contributed by atoms with Gasteiger partial charge in [0.2, 0.25) is 0 Å². The maximum atomic E-state index is 11.1. The fraction of sp³-hybridized carbons (Fsp3) is 0.692. The molecular weight excluding hydrogens is 216 g/mol. The van der Waals surface area contributed by atoms with Crippen LogP contribution in [0.1, 0.15) is 39.2 Å². The number of nitrogens with zero attached hydrogens (tertiary/aromatic N) is 2. The molecule has 0 saturated heterocycles. The average molecular weight is 236 g/mol. The summed E-state index contributed by atoms with van der Waals surface area (Å²) < 4.78 is 1.91. The van der Waals surface area contributed by atoms with Gasteiger partial charge in [-0.2, -0.15) is 5.10 Å². The van der Waals surface area contributed by atoms with Gasteiger partial charge in [-0.1, -0.05) is 27.7 Å². The van der Waals surface area contributed by atoms with Crippen molar-refractivity contribution in [1.29, 1.82) is 0 Å². The smallest absolute Gasteiger partial charge is 0.307 e. The van der Waals surface area contributed by atoms with Crippen LogP contribution >= 0.6 is 0 Å². The molecule has 1 fully saturated rings. The molecule has 4 nitrogen and oxygen atoms in total. The summed E-state index contributed by atoms with van der Waals surface area (Å²) in [4.78, 5) is 11.1. The lowest BCUT2D eigenvalue weighted by atomic mass is 10.1. The lowest BCUT2D eigenvalue weighted by Gasteiger charge is -2.03. The Bertz CT molecular complexity index is 434. The molecule has 1 heterocycles. The van der Waals surface area contributed by atoms with E-state index in [1.165, 1.54) is 0 Å². The first-order valence-electron chi connectivity index (χ1n) is 6.09. The average Bonchev–Trinajstić information content (AvgIpc) is 2.54. The van der Waals surface area contributed by atoms with Gasteiger partial charge in [-0.05, 0) is 16.9 Å². The largest absolute Gasteiger partial charge is 0.481 e. The van der Waals surface area contributed by atoms with E-state index in [9.17, 15) is 4.79 Å².